The first kappa shape index (κ1) is 21.2. The van der Waals surface area contributed by atoms with Crippen molar-refractivity contribution in [3.05, 3.63) is 59.7 Å². The molecule has 1 heterocycles. The number of halogens is 3. The van der Waals surface area contributed by atoms with Crippen molar-refractivity contribution in [3.8, 4) is 0 Å². The number of carbonyl (C=O) groups is 2. The van der Waals surface area contributed by atoms with Gasteiger partial charge in [-0.3, -0.25) is 9.69 Å². The molecule has 3 amide bonds. The van der Waals surface area contributed by atoms with Gasteiger partial charge < -0.3 is 10.2 Å². The van der Waals surface area contributed by atoms with Crippen LogP contribution < -0.4 is 10.2 Å². The number of hydrogen-bond donors (Lipinski definition) is 1. The molecule has 2 aromatic rings. The van der Waals surface area contributed by atoms with Crippen molar-refractivity contribution in [2.75, 3.05) is 23.3 Å². The fourth-order valence-corrected chi connectivity index (χ4v) is 3.90. The van der Waals surface area contributed by atoms with Gasteiger partial charge in [-0.2, -0.15) is 13.2 Å². The molecular weight excluding hydrogens is 407 g/mol. The van der Waals surface area contributed by atoms with Gasteiger partial charge in [0.1, 0.15) is 0 Å². The van der Waals surface area contributed by atoms with E-state index in [9.17, 15) is 22.8 Å². The monoisotopic (exact) mass is 431 g/mol. The predicted molar refractivity (Wildman–Crippen MR) is 112 cm³/mol. The van der Waals surface area contributed by atoms with E-state index in [0.29, 0.717) is 36.4 Å². The summed E-state index contributed by atoms with van der Waals surface area (Å²) in [6.45, 7) is 1.10. The minimum Gasteiger partial charge on any atom is -0.326 e. The zero-order valence-corrected chi connectivity index (χ0v) is 17.0. The van der Waals surface area contributed by atoms with Crippen LogP contribution >= 0.6 is 0 Å². The van der Waals surface area contributed by atoms with Crippen LogP contribution in [0.3, 0.4) is 0 Å². The van der Waals surface area contributed by atoms with Gasteiger partial charge in [-0.1, -0.05) is 24.6 Å². The van der Waals surface area contributed by atoms with Gasteiger partial charge in [0, 0.05) is 36.9 Å². The van der Waals surface area contributed by atoms with Crippen LogP contribution in [0.15, 0.2) is 48.5 Å². The van der Waals surface area contributed by atoms with Crippen molar-refractivity contribution in [1.82, 2.24) is 4.90 Å². The van der Waals surface area contributed by atoms with Crippen LogP contribution in [0, 0.1) is 5.92 Å². The number of rotatable bonds is 5. The summed E-state index contributed by atoms with van der Waals surface area (Å²) in [6.07, 6.45) is -0.842. The summed E-state index contributed by atoms with van der Waals surface area (Å²) in [6, 6.07) is 11.9. The first-order valence-corrected chi connectivity index (χ1v) is 10.4. The lowest BCUT2D eigenvalue weighted by molar-refractivity contribution is -0.137. The average molecular weight is 431 g/mol. The van der Waals surface area contributed by atoms with Crippen LogP contribution in [0.25, 0.3) is 0 Å². The van der Waals surface area contributed by atoms with Crippen molar-refractivity contribution >= 4 is 23.3 Å². The molecule has 8 heteroatoms. The zero-order valence-electron chi connectivity index (χ0n) is 17.0. The Morgan fingerprint density at radius 3 is 2.52 bits per heavy atom. The molecule has 1 saturated carbocycles. The fourth-order valence-electron chi connectivity index (χ4n) is 3.90. The molecule has 0 aromatic heterocycles. The first-order chi connectivity index (χ1) is 14.8. The Morgan fingerprint density at radius 2 is 1.81 bits per heavy atom. The second-order valence-corrected chi connectivity index (χ2v) is 8.07. The Balaban J connectivity index is 1.46. The molecular formula is C23H24F3N3O2. The lowest BCUT2D eigenvalue weighted by atomic mass is 9.85. The highest BCUT2D eigenvalue weighted by Crippen LogP contribution is 2.31. The zero-order chi connectivity index (χ0) is 22.0. The van der Waals surface area contributed by atoms with Gasteiger partial charge in [-0.05, 0) is 55.2 Å². The molecule has 2 aromatic carbocycles. The van der Waals surface area contributed by atoms with E-state index in [1.54, 1.807) is 40.1 Å². The van der Waals surface area contributed by atoms with Crippen LogP contribution in [-0.4, -0.2) is 29.9 Å². The number of amides is 3. The quantitative estimate of drug-likeness (QED) is 0.701. The van der Waals surface area contributed by atoms with Gasteiger partial charge in [0.25, 0.3) is 0 Å². The van der Waals surface area contributed by atoms with E-state index in [2.05, 4.69) is 5.32 Å². The maximum atomic E-state index is 13.1. The minimum atomic E-state index is -4.42. The SMILES string of the molecule is O=C(Nc1cccc(N2CCCN(Cc3cccc(C(F)(F)F)c3)C2=O)c1)C1CCC1. The molecule has 5 nitrogen and oxygen atoms in total. The molecule has 1 aliphatic heterocycles. The van der Waals surface area contributed by atoms with Gasteiger partial charge in [0.05, 0.1) is 5.56 Å². The molecule has 2 fully saturated rings. The number of nitrogens with one attached hydrogen (secondary N) is 1. The van der Waals surface area contributed by atoms with Gasteiger partial charge in [-0.15, -0.1) is 0 Å². The first-order valence-electron chi connectivity index (χ1n) is 10.4. The molecule has 2 aliphatic rings. The van der Waals surface area contributed by atoms with Gasteiger partial charge in [0.15, 0.2) is 0 Å². The van der Waals surface area contributed by atoms with E-state index in [-0.39, 0.29) is 24.4 Å². The lowest BCUT2D eigenvalue weighted by Gasteiger charge is -2.36. The Bertz CT molecular complexity index is 973. The molecule has 1 N–H and O–H groups in total. The van der Waals surface area contributed by atoms with Crippen LogP contribution in [0.2, 0.25) is 0 Å². The molecule has 164 valence electrons. The summed E-state index contributed by atoms with van der Waals surface area (Å²) in [4.78, 5) is 28.4. The standard InChI is InChI=1S/C23H24F3N3O2/c24-23(25,26)18-8-1-5-16(13-18)15-28-11-4-12-29(22(28)31)20-10-3-9-19(14-20)27-21(30)17-6-2-7-17/h1,3,5,8-10,13-14,17H,2,4,6-7,11-12,15H2,(H,27,30). The Morgan fingerprint density at radius 1 is 1.03 bits per heavy atom. The number of urea groups is 1. The van der Waals surface area contributed by atoms with Crippen molar-refractivity contribution in [1.29, 1.82) is 0 Å². The number of nitrogens with zero attached hydrogens (tertiary/aromatic N) is 2. The van der Waals surface area contributed by atoms with E-state index in [0.717, 1.165) is 31.4 Å². The molecule has 31 heavy (non-hydrogen) atoms. The lowest BCUT2D eigenvalue weighted by Crippen LogP contribution is -2.49. The fraction of sp³-hybridized carbons (Fsp3) is 0.391. The second kappa shape index (κ2) is 8.61. The summed E-state index contributed by atoms with van der Waals surface area (Å²) in [5, 5.41) is 2.91. The van der Waals surface area contributed by atoms with Crippen LogP contribution in [-0.2, 0) is 17.5 Å². The van der Waals surface area contributed by atoms with Crippen molar-refractivity contribution in [3.63, 3.8) is 0 Å². The second-order valence-electron chi connectivity index (χ2n) is 8.07. The third kappa shape index (κ3) is 4.84. The number of carbonyl (C=O) groups excluding carboxylic acids is 2. The van der Waals surface area contributed by atoms with Crippen molar-refractivity contribution < 1.29 is 22.8 Å². The molecule has 0 radical (unpaired) electrons. The number of alkyl halides is 3. The van der Waals surface area contributed by atoms with E-state index in [1.165, 1.54) is 6.07 Å². The van der Waals surface area contributed by atoms with Crippen LogP contribution in [0.4, 0.5) is 29.3 Å². The predicted octanol–water partition coefficient (Wildman–Crippen LogP) is 5.28. The number of anilines is 2. The smallest absolute Gasteiger partial charge is 0.326 e. The molecule has 4 rings (SSSR count). The largest absolute Gasteiger partial charge is 0.416 e. The van der Waals surface area contributed by atoms with Crippen LogP contribution in [0.1, 0.15) is 36.8 Å². The highest BCUT2D eigenvalue weighted by atomic mass is 19.4. The van der Waals surface area contributed by atoms with Crippen LogP contribution in [0.5, 0.6) is 0 Å². The molecule has 1 saturated heterocycles. The van der Waals surface area contributed by atoms with E-state index < -0.39 is 11.7 Å². The summed E-state index contributed by atoms with van der Waals surface area (Å²) in [5.41, 5.74) is 1.01. The highest BCUT2D eigenvalue weighted by molar-refractivity contribution is 5.96. The van der Waals surface area contributed by atoms with Gasteiger partial charge in [0.2, 0.25) is 5.91 Å². The third-order valence-electron chi connectivity index (χ3n) is 5.84. The van der Waals surface area contributed by atoms with Crippen molar-refractivity contribution in [2.45, 2.75) is 38.4 Å². The maximum absolute atomic E-state index is 13.1. The van der Waals surface area contributed by atoms with E-state index in [4.69, 9.17) is 0 Å². The summed E-state index contributed by atoms with van der Waals surface area (Å²) < 4.78 is 39.0. The Kier molecular flexibility index (Phi) is 5.89. The molecule has 0 bridgehead atoms. The molecule has 0 spiro atoms. The summed E-state index contributed by atoms with van der Waals surface area (Å²) in [5.74, 6) is 0.0581. The van der Waals surface area contributed by atoms with E-state index in [1.807, 2.05) is 0 Å². The normalized spacial score (nSPS) is 17.5. The molecule has 1 aliphatic carbocycles. The van der Waals surface area contributed by atoms with E-state index >= 15 is 0 Å². The number of hydrogen-bond acceptors (Lipinski definition) is 2. The van der Waals surface area contributed by atoms with Gasteiger partial charge in [-0.25, -0.2) is 4.79 Å². The average Bonchev–Trinajstić information content (AvgIpc) is 2.68. The topological polar surface area (TPSA) is 52.7 Å². The maximum Gasteiger partial charge on any atom is 0.416 e. The Labute approximate surface area is 178 Å². The molecule has 0 unspecified atom stereocenters. The summed E-state index contributed by atoms with van der Waals surface area (Å²) >= 11 is 0. The molecule has 0 atom stereocenters. The van der Waals surface area contributed by atoms with Crippen molar-refractivity contribution in [2.24, 2.45) is 5.92 Å². The Hall–Kier alpha value is -3.03. The highest BCUT2D eigenvalue weighted by Gasteiger charge is 2.32. The minimum absolute atomic E-state index is 0.000423. The summed E-state index contributed by atoms with van der Waals surface area (Å²) in [7, 11) is 0. The third-order valence-corrected chi connectivity index (χ3v) is 5.84. The number of benzene rings is 2. The van der Waals surface area contributed by atoms with Gasteiger partial charge >= 0.3 is 12.2 Å².